The molecule has 26 nitrogen and oxygen atoms in total. The molecule has 540 valence electrons. The van der Waals surface area contributed by atoms with Crippen LogP contribution >= 0.6 is 23.2 Å². The maximum absolute atomic E-state index is 14.5. The summed E-state index contributed by atoms with van der Waals surface area (Å²) >= 11 is 13.1. The second kappa shape index (κ2) is 28.1. The first kappa shape index (κ1) is 71.7. The first-order chi connectivity index (χ1) is 49.4. The van der Waals surface area contributed by atoms with Gasteiger partial charge in [-0.2, -0.15) is 20.4 Å². The van der Waals surface area contributed by atoms with E-state index in [2.05, 4.69) is 60.4 Å². The van der Waals surface area contributed by atoms with Crippen LogP contribution in [0.15, 0.2) is 107 Å². The number of aryl methyl sites for hydroxylation is 4. The molecule has 2 atom stereocenters. The first-order valence-corrected chi connectivity index (χ1v) is 36.1. The highest BCUT2D eigenvalue weighted by molar-refractivity contribution is 7.92. The van der Waals surface area contributed by atoms with Crippen molar-refractivity contribution in [1.29, 1.82) is 0 Å². The number of carbonyl (C=O) groups is 2. The van der Waals surface area contributed by atoms with E-state index in [9.17, 15) is 71.1 Å². The van der Waals surface area contributed by atoms with Crippen LogP contribution in [0.3, 0.4) is 0 Å². The standard InChI is InChI=1S/2C33H28ClF4N9O4S/c2*1-45-28-24(9-8-21(34)26(28)31(43-45)44-52(2,50)51)47-32(41-30-20(33(47)49)6-4-10-39-30)23(13-16-11-17(35)14-18(36)12-16)40-25(48)15-46-27(29(37)38)19-5-3-7-22(19)42-46/h2*4,6,8-12,14,23,29H,3,5,7,13,15H2,1-2H3,(H,40,48)(H,43,44)/t2*23-/m00/s1. The van der Waals surface area contributed by atoms with E-state index in [-0.39, 0.29) is 124 Å². The van der Waals surface area contributed by atoms with E-state index in [0.29, 0.717) is 73.2 Å². The van der Waals surface area contributed by atoms with Crippen molar-refractivity contribution in [1.82, 2.24) is 78.8 Å². The molecule has 2 amide bonds. The van der Waals surface area contributed by atoms with Crippen LogP contribution in [0.4, 0.5) is 46.8 Å². The van der Waals surface area contributed by atoms with Crippen LogP contribution in [0.1, 0.15) is 94.5 Å². The van der Waals surface area contributed by atoms with Crippen molar-refractivity contribution in [3.05, 3.63) is 208 Å². The van der Waals surface area contributed by atoms with E-state index in [1.54, 1.807) is 0 Å². The molecule has 0 saturated carbocycles. The molecule has 12 aromatic rings. The van der Waals surface area contributed by atoms with Crippen LogP contribution in [-0.4, -0.2) is 109 Å². The number of hydrogen-bond donors (Lipinski definition) is 4. The number of rotatable bonds is 20. The van der Waals surface area contributed by atoms with Gasteiger partial charge in [-0.15, -0.1) is 0 Å². The van der Waals surface area contributed by atoms with Gasteiger partial charge in [-0.3, -0.25) is 56.5 Å². The van der Waals surface area contributed by atoms with E-state index in [0.717, 1.165) is 55.3 Å². The summed E-state index contributed by atoms with van der Waals surface area (Å²) in [5.41, 5.74) is 0.330. The summed E-state index contributed by atoms with van der Waals surface area (Å²) < 4.78 is 175. The van der Waals surface area contributed by atoms with E-state index in [1.807, 2.05) is 0 Å². The normalized spacial score (nSPS) is 13.6. The zero-order valence-electron chi connectivity index (χ0n) is 54.7. The van der Waals surface area contributed by atoms with Crippen molar-refractivity contribution < 1.29 is 61.5 Å². The van der Waals surface area contributed by atoms with Crippen LogP contribution < -0.4 is 31.2 Å². The molecule has 4 aromatic carbocycles. The zero-order valence-corrected chi connectivity index (χ0v) is 57.9. The number of hydrogen-bond acceptors (Lipinski definition) is 16. The number of amides is 2. The Morgan fingerprint density at radius 1 is 0.538 bits per heavy atom. The molecule has 2 aliphatic rings. The third kappa shape index (κ3) is 14.4. The van der Waals surface area contributed by atoms with E-state index in [1.165, 1.54) is 84.4 Å². The zero-order chi connectivity index (χ0) is 74.1. The van der Waals surface area contributed by atoms with Gasteiger partial charge in [0.15, 0.2) is 22.9 Å². The van der Waals surface area contributed by atoms with E-state index in [4.69, 9.17) is 23.2 Å². The SMILES string of the molecule is Cn1nc(NS(C)(=O)=O)c2c(Cl)ccc(-n3c([C@H](Cc4cc(F)cc(F)c4)NC(=O)Cn4nc5c(c4C(F)F)CCC5)nc4ncccc4c3=O)c21.Cn1nc(NS(C)(=O)=O)c2c(Cl)ccc(-n3c([C@H](Cc4cc(F)cc(F)c4)NC(=O)Cn4nc5c(c4C(F)F)CCC5)nc4ncccc4c3=O)c21. The third-order valence-corrected chi connectivity index (χ3v) is 19.0. The van der Waals surface area contributed by atoms with Crippen LogP contribution in [0.5, 0.6) is 0 Å². The Kier molecular flexibility index (Phi) is 19.4. The maximum Gasteiger partial charge on any atom is 0.280 e. The van der Waals surface area contributed by atoms with Gasteiger partial charge in [-0.1, -0.05) is 23.2 Å². The van der Waals surface area contributed by atoms with Gasteiger partial charge in [0, 0.05) is 62.6 Å². The molecule has 0 radical (unpaired) electrons. The number of halogens is 10. The van der Waals surface area contributed by atoms with Gasteiger partial charge in [0.2, 0.25) is 31.9 Å². The number of nitrogens with one attached hydrogen (secondary N) is 4. The minimum atomic E-state index is -3.83. The number of fused-ring (bicyclic) bond motifs is 6. The Bertz CT molecular complexity index is 5500. The van der Waals surface area contributed by atoms with Crippen LogP contribution in [-0.2, 0) is 95.3 Å². The molecular formula is C66H56Cl2F8N18O8S2. The average molecular weight is 1520 g/mol. The van der Waals surface area contributed by atoms with E-state index < -0.39 is 104 Å². The van der Waals surface area contributed by atoms with Gasteiger partial charge in [-0.05, 0) is 122 Å². The topological polar surface area (TPSA) is 317 Å². The van der Waals surface area contributed by atoms with Crippen molar-refractivity contribution in [2.45, 2.75) is 89.4 Å². The summed E-state index contributed by atoms with van der Waals surface area (Å²) in [5.74, 6) is -5.81. The average Bonchev–Trinajstić information content (AvgIpc) is 1.41. The Hall–Kier alpha value is -10.7. The molecule has 0 spiro atoms. The Labute approximate surface area is 592 Å². The molecule has 0 fully saturated rings. The summed E-state index contributed by atoms with van der Waals surface area (Å²) in [6.45, 7) is -1.27. The Balaban J connectivity index is 0.000000185. The molecule has 8 aromatic heterocycles. The molecule has 38 heteroatoms. The van der Waals surface area contributed by atoms with Gasteiger partial charge in [0.25, 0.3) is 24.0 Å². The smallest absolute Gasteiger partial charge is 0.280 e. The van der Waals surface area contributed by atoms with Crippen molar-refractivity contribution in [3.63, 3.8) is 0 Å². The van der Waals surface area contributed by atoms with Crippen LogP contribution in [0.2, 0.25) is 10.0 Å². The van der Waals surface area contributed by atoms with Crippen molar-refractivity contribution in [3.8, 4) is 11.4 Å². The van der Waals surface area contributed by atoms with Crippen molar-refractivity contribution >= 4 is 111 Å². The molecule has 104 heavy (non-hydrogen) atoms. The molecule has 4 N–H and O–H groups in total. The highest BCUT2D eigenvalue weighted by atomic mass is 35.5. The molecule has 0 unspecified atom stereocenters. The Morgan fingerprint density at radius 2 is 0.913 bits per heavy atom. The first-order valence-electron chi connectivity index (χ1n) is 31.6. The summed E-state index contributed by atoms with van der Waals surface area (Å²) in [7, 11) is -4.68. The summed E-state index contributed by atoms with van der Waals surface area (Å²) in [4.78, 5) is 74.2. The number of alkyl halides is 4. The van der Waals surface area contributed by atoms with Crippen molar-refractivity contribution in [2.75, 3.05) is 22.0 Å². The molecule has 2 aliphatic carbocycles. The quantitative estimate of drug-likeness (QED) is 0.0516. The molecular weight excluding hydrogens is 1460 g/mol. The fourth-order valence-electron chi connectivity index (χ4n) is 13.3. The lowest BCUT2D eigenvalue weighted by Gasteiger charge is -2.23. The highest BCUT2D eigenvalue weighted by Crippen LogP contribution is 2.39. The van der Waals surface area contributed by atoms with Crippen LogP contribution in [0, 0.1) is 23.3 Å². The van der Waals surface area contributed by atoms with E-state index >= 15 is 0 Å². The van der Waals surface area contributed by atoms with Crippen molar-refractivity contribution in [2.24, 2.45) is 14.1 Å². The van der Waals surface area contributed by atoms with Gasteiger partial charge in [0.05, 0.1) is 90.0 Å². The van der Waals surface area contributed by atoms with Gasteiger partial charge in [-0.25, -0.2) is 71.9 Å². The number of carbonyl (C=O) groups excluding carboxylic acids is 2. The third-order valence-electron chi connectivity index (χ3n) is 17.3. The predicted octanol–water partition coefficient (Wildman–Crippen LogP) is 9.39. The molecule has 8 heterocycles. The number of sulfonamides is 2. The summed E-state index contributed by atoms with van der Waals surface area (Å²) in [6, 6.07) is 14.6. The fraction of sp³-hybridized carbons (Fsp3) is 0.273. The number of nitrogens with zero attached hydrogens (tertiary/aromatic N) is 14. The Morgan fingerprint density at radius 3 is 1.27 bits per heavy atom. The lowest BCUT2D eigenvalue weighted by molar-refractivity contribution is -0.123. The lowest BCUT2D eigenvalue weighted by atomic mass is 10.0. The minimum Gasteiger partial charge on any atom is -0.344 e. The van der Waals surface area contributed by atoms with Crippen LogP contribution in [0.25, 0.3) is 55.2 Å². The second-order valence-electron chi connectivity index (χ2n) is 24.7. The molecule has 0 bridgehead atoms. The maximum atomic E-state index is 14.5. The fourth-order valence-corrected chi connectivity index (χ4v) is 14.8. The second-order valence-corrected chi connectivity index (χ2v) is 29.0. The monoisotopic (exact) mass is 1510 g/mol. The molecule has 0 saturated heterocycles. The highest BCUT2D eigenvalue weighted by Gasteiger charge is 2.34. The molecule has 0 aliphatic heterocycles. The predicted molar refractivity (Wildman–Crippen MR) is 366 cm³/mol. The number of benzene rings is 4. The van der Waals surface area contributed by atoms with Gasteiger partial charge >= 0.3 is 0 Å². The lowest BCUT2D eigenvalue weighted by Crippen LogP contribution is -2.38. The number of anilines is 2. The minimum absolute atomic E-state index is 0.0263. The summed E-state index contributed by atoms with van der Waals surface area (Å²) in [6.07, 6.45) is 1.29. The van der Waals surface area contributed by atoms with Gasteiger partial charge in [0.1, 0.15) is 59.4 Å². The van der Waals surface area contributed by atoms with Gasteiger partial charge < -0.3 is 10.6 Å². The molecule has 14 rings (SSSR count). The summed E-state index contributed by atoms with van der Waals surface area (Å²) in [5, 5.41) is 23.1. The number of aromatic nitrogens is 14. The number of pyridine rings is 2. The largest absolute Gasteiger partial charge is 0.344 e.